The van der Waals surface area contributed by atoms with Crippen molar-refractivity contribution < 1.29 is 13.5 Å². The summed E-state index contributed by atoms with van der Waals surface area (Å²) >= 11 is 0. The van der Waals surface area contributed by atoms with Gasteiger partial charge in [-0.05, 0) is 60.8 Å². The first-order valence-corrected chi connectivity index (χ1v) is 11.6. The standard InChI is InChI=1S/C25H29F2N3O/c26-20-7-4-17(5-8-20)23-21-9-6-18(16-2-1-3-16)12-19(21)10-11-30(23)24-29-22(13-31-24)25(27)14-28-15-25/h4-9,16,18,22-23,28H,1-3,10-15H2/t18?,22-,23-/m0/s1. The highest BCUT2D eigenvalue weighted by Gasteiger charge is 2.49. The zero-order chi connectivity index (χ0) is 21.0. The number of rotatable bonds is 3. The fraction of sp³-hybridized carbons (Fsp3) is 0.560. The molecule has 0 amide bonds. The van der Waals surface area contributed by atoms with Crippen molar-refractivity contribution in [2.45, 2.75) is 49.9 Å². The van der Waals surface area contributed by atoms with Gasteiger partial charge in [-0.1, -0.05) is 36.3 Å². The molecule has 0 spiro atoms. The van der Waals surface area contributed by atoms with Gasteiger partial charge in [0.2, 0.25) is 0 Å². The molecule has 3 heterocycles. The molecular weight excluding hydrogens is 396 g/mol. The molecule has 2 aliphatic carbocycles. The quantitative estimate of drug-likeness (QED) is 0.784. The SMILES string of the molecule is Fc1ccc([C@H]2C3=C(CCN2C2=N[C@H](C4(F)CNC4)CO2)CC(C2CCC2)C=C3)cc1. The maximum absolute atomic E-state index is 14.9. The minimum Gasteiger partial charge on any atom is -0.463 e. The third-order valence-corrected chi connectivity index (χ3v) is 7.93. The predicted molar refractivity (Wildman–Crippen MR) is 116 cm³/mol. The van der Waals surface area contributed by atoms with E-state index in [1.165, 1.54) is 42.5 Å². The van der Waals surface area contributed by atoms with Crippen LogP contribution >= 0.6 is 0 Å². The smallest absolute Gasteiger partial charge is 0.288 e. The number of halogens is 2. The van der Waals surface area contributed by atoms with Crippen molar-refractivity contribution in [3.05, 3.63) is 58.9 Å². The van der Waals surface area contributed by atoms with Crippen molar-refractivity contribution in [2.75, 3.05) is 26.2 Å². The Labute approximate surface area is 182 Å². The molecule has 0 aromatic heterocycles. The van der Waals surface area contributed by atoms with Gasteiger partial charge in [-0.15, -0.1) is 0 Å². The van der Waals surface area contributed by atoms with Crippen LogP contribution in [-0.4, -0.2) is 48.9 Å². The van der Waals surface area contributed by atoms with Gasteiger partial charge in [0.15, 0.2) is 5.67 Å². The van der Waals surface area contributed by atoms with E-state index in [0.29, 0.717) is 25.0 Å². The average Bonchev–Trinajstić information content (AvgIpc) is 3.21. The molecule has 164 valence electrons. The Bertz CT molecular complexity index is 946. The molecule has 6 rings (SSSR count). The number of allylic oxidation sites excluding steroid dienone is 1. The molecule has 1 aromatic rings. The van der Waals surface area contributed by atoms with Gasteiger partial charge in [0.25, 0.3) is 6.02 Å². The third kappa shape index (κ3) is 3.30. The van der Waals surface area contributed by atoms with Gasteiger partial charge in [0, 0.05) is 19.6 Å². The molecule has 1 N–H and O–H groups in total. The van der Waals surface area contributed by atoms with E-state index in [9.17, 15) is 8.78 Å². The highest BCUT2D eigenvalue weighted by Crippen LogP contribution is 2.46. The largest absolute Gasteiger partial charge is 0.463 e. The molecule has 5 aliphatic rings. The fourth-order valence-electron chi connectivity index (χ4n) is 5.68. The van der Waals surface area contributed by atoms with E-state index in [4.69, 9.17) is 4.74 Å². The zero-order valence-corrected chi connectivity index (χ0v) is 17.7. The average molecular weight is 426 g/mol. The van der Waals surface area contributed by atoms with Crippen LogP contribution in [0.2, 0.25) is 0 Å². The van der Waals surface area contributed by atoms with Crippen LogP contribution in [0.3, 0.4) is 0 Å². The molecule has 3 aliphatic heterocycles. The van der Waals surface area contributed by atoms with Crippen LogP contribution in [0, 0.1) is 17.7 Å². The lowest BCUT2D eigenvalue weighted by molar-refractivity contribution is 0.0498. The Morgan fingerprint density at radius 3 is 2.65 bits per heavy atom. The van der Waals surface area contributed by atoms with E-state index < -0.39 is 11.7 Å². The molecule has 1 saturated carbocycles. The number of ether oxygens (including phenoxy) is 1. The lowest BCUT2D eigenvalue weighted by Crippen LogP contribution is -2.62. The van der Waals surface area contributed by atoms with Gasteiger partial charge >= 0.3 is 0 Å². The van der Waals surface area contributed by atoms with Crippen LogP contribution in [0.5, 0.6) is 0 Å². The highest BCUT2D eigenvalue weighted by atomic mass is 19.1. The minimum absolute atomic E-state index is 0.0736. The first-order chi connectivity index (χ1) is 15.1. The number of hydrogen-bond donors (Lipinski definition) is 1. The lowest BCUT2D eigenvalue weighted by Gasteiger charge is -2.42. The molecular formula is C25H29F2N3O. The monoisotopic (exact) mass is 425 g/mol. The van der Waals surface area contributed by atoms with Gasteiger partial charge < -0.3 is 15.0 Å². The van der Waals surface area contributed by atoms with Gasteiger partial charge in [-0.2, -0.15) is 0 Å². The molecule has 31 heavy (non-hydrogen) atoms. The Morgan fingerprint density at radius 2 is 1.97 bits per heavy atom. The van der Waals surface area contributed by atoms with Crippen molar-refractivity contribution >= 4 is 6.02 Å². The summed E-state index contributed by atoms with van der Waals surface area (Å²) in [7, 11) is 0. The maximum atomic E-state index is 14.9. The summed E-state index contributed by atoms with van der Waals surface area (Å²) in [6.45, 7) is 1.74. The van der Waals surface area contributed by atoms with Gasteiger partial charge in [0.1, 0.15) is 18.5 Å². The zero-order valence-electron chi connectivity index (χ0n) is 17.7. The number of nitrogens with one attached hydrogen (secondary N) is 1. The van der Waals surface area contributed by atoms with Crippen molar-refractivity contribution in [1.82, 2.24) is 10.2 Å². The first kappa shape index (κ1) is 19.5. The van der Waals surface area contributed by atoms with Crippen LogP contribution in [0.1, 0.15) is 43.7 Å². The second-order valence-electron chi connectivity index (χ2n) is 9.75. The normalized spacial score (nSPS) is 32.1. The second kappa shape index (κ2) is 7.44. The summed E-state index contributed by atoms with van der Waals surface area (Å²) in [6.07, 6.45) is 10.8. The maximum Gasteiger partial charge on any atom is 0.288 e. The molecule has 0 radical (unpaired) electrons. The Balaban J connectivity index is 1.33. The van der Waals surface area contributed by atoms with Crippen molar-refractivity contribution in [3.8, 4) is 0 Å². The second-order valence-corrected chi connectivity index (χ2v) is 9.75. The number of benzene rings is 1. The number of alkyl halides is 1. The molecule has 2 fully saturated rings. The highest BCUT2D eigenvalue weighted by molar-refractivity contribution is 5.77. The van der Waals surface area contributed by atoms with E-state index in [1.54, 1.807) is 0 Å². The first-order valence-electron chi connectivity index (χ1n) is 11.6. The van der Waals surface area contributed by atoms with E-state index in [1.807, 2.05) is 12.1 Å². The lowest BCUT2D eigenvalue weighted by atomic mass is 9.69. The van der Waals surface area contributed by atoms with Crippen molar-refractivity contribution in [3.63, 3.8) is 0 Å². The van der Waals surface area contributed by atoms with Crippen LogP contribution in [0.15, 0.2) is 52.6 Å². The molecule has 0 bridgehead atoms. The summed E-state index contributed by atoms with van der Waals surface area (Å²) in [5.74, 6) is 1.23. The predicted octanol–water partition coefficient (Wildman–Crippen LogP) is 4.31. The molecule has 1 aromatic carbocycles. The Morgan fingerprint density at radius 1 is 1.16 bits per heavy atom. The van der Waals surface area contributed by atoms with Gasteiger partial charge in [0.05, 0.1) is 6.04 Å². The van der Waals surface area contributed by atoms with E-state index in [0.717, 1.165) is 30.9 Å². The summed E-state index contributed by atoms with van der Waals surface area (Å²) in [5, 5.41) is 3.01. The van der Waals surface area contributed by atoms with E-state index >= 15 is 0 Å². The third-order valence-electron chi connectivity index (χ3n) is 7.93. The molecule has 6 heteroatoms. The fourth-order valence-corrected chi connectivity index (χ4v) is 5.68. The molecule has 1 unspecified atom stereocenters. The number of aliphatic imine (C=N–C) groups is 1. The minimum atomic E-state index is -1.31. The molecule has 4 nitrogen and oxygen atoms in total. The van der Waals surface area contributed by atoms with Gasteiger partial charge in [-0.25, -0.2) is 13.8 Å². The van der Waals surface area contributed by atoms with Crippen LogP contribution in [0.4, 0.5) is 8.78 Å². The number of hydrogen-bond acceptors (Lipinski definition) is 4. The van der Waals surface area contributed by atoms with Crippen LogP contribution < -0.4 is 5.32 Å². The summed E-state index contributed by atoms with van der Waals surface area (Å²) in [4.78, 5) is 6.85. The molecule has 1 saturated heterocycles. The summed E-state index contributed by atoms with van der Waals surface area (Å²) in [5.41, 5.74) is 2.50. The van der Waals surface area contributed by atoms with Crippen molar-refractivity contribution in [2.24, 2.45) is 16.8 Å². The van der Waals surface area contributed by atoms with E-state index in [-0.39, 0.29) is 18.5 Å². The summed E-state index contributed by atoms with van der Waals surface area (Å²) in [6, 6.07) is 6.74. The van der Waals surface area contributed by atoms with E-state index in [2.05, 4.69) is 27.4 Å². The number of amidine groups is 1. The Kier molecular flexibility index (Phi) is 4.67. The Hall–Kier alpha value is -2.21. The topological polar surface area (TPSA) is 36.9 Å². The van der Waals surface area contributed by atoms with Gasteiger partial charge in [-0.3, -0.25) is 0 Å². The number of nitrogens with zero attached hydrogens (tertiary/aromatic N) is 2. The van der Waals surface area contributed by atoms with Crippen LogP contribution in [0.25, 0.3) is 0 Å². The van der Waals surface area contributed by atoms with Crippen LogP contribution in [-0.2, 0) is 4.74 Å². The van der Waals surface area contributed by atoms with Crippen molar-refractivity contribution in [1.29, 1.82) is 0 Å². The summed E-state index contributed by atoms with van der Waals surface area (Å²) < 4.78 is 34.5. The molecule has 3 atom stereocenters.